The molecule has 1 saturated heterocycles. The molecule has 0 spiro atoms. The Morgan fingerprint density at radius 1 is 1.09 bits per heavy atom. The van der Waals surface area contributed by atoms with Gasteiger partial charge >= 0.3 is 0 Å². The van der Waals surface area contributed by atoms with Gasteiger partial charge in [-0.15, -0.1) is 4.40 Å². The van der Waals surface area contributed by atoms with Gasteiger partial charge in [0.15, 0.2) is 5.17 Å². The third kappa shape index (κ3) is 6.10. The van der Waals surface area contributed by atoms with Crippen molar-refractivity contribution in [2.75, 3.05) is 5.32 Å². The molecule has 10 heteroatoms. The zero-order valence-corrected chi connectivity index (χ0v) is 21.1. The fourth-order valence-corrected chi connectivity index (χ4v) is 6.72. The molecule has 7 nitrogen and oxygen atoms in total. The van der Waals surface area contributed by atoms with E-state index < -0.39 is 27.0 Å². The Kier molecular flexibility index (Phi) is 7.91. The molecule has 2 aromatic carbocycles. The van der Waals surface area contributed by atoms with Gasteiger partial charge in [0, 0.05) is 18.2 Å². The number of hydrogen-bond acceptors (Lipinski definition) is 5. The summed E-state index contributed by atoms with van der Waals surface area (Å²) < 4.78 is 43.4. The fraction of sp³-hybridized carbons (Fsp3) is 0.400. The van der Waals surface area contributed by atoms with Gasteiger partial charge in [-0.3, -0.25) is 14.5 Å². The van der Waals surface area contributed by atoms with Crippen molar-refractivity contribution in [1.29, 1.82) is 0 Å². The van der Waals surface area contributed by atoms with Crippen LogP contribution in [-0.2, 0) is 26.0 Å². The number of anilines is 1. The molecule has 4 rings (SSSR count). The quantitative estimate of drug-likeness (QED) is 0.572. The SMILES string of the molecule is CCc1ccc(S(=O)(=O)N=C2SC(CC(=O)Nc3ccc(F)cc3)C(=O)N2C2CCCCC2)cc1. The monoisotopic (exact) mass is 517 g/mol. The molecule has 2 amide bonds. The number of sulfonamides is 1. The number of nitrogens with one attached hydrogen (secondary N) is 1. The lowest BCUT2D eigenvalue weighted by atomic mass is 9.94. The topological polar surface area (TPSA) is 95.9 Å². The number of hydrogen-bond donors (Lipinski definition) is 1. The molecule has 1 heterocycles. The number of nitrogens with zero attached hydrogens (tertiary/aromatic N) is 2. The first kappa shape index (κ1) is 25.4. The smallest absolute Gasteiger partial charge is 0.284 e. The minimum absolute atomic E-state index is 0.0661. The van der Waals surface area contributed by atoms with Crippen LogP contribution in [0.25, 0.3) is 0 Å². The second-order valence-electron chi connectivity index (χ2n) is 8.71. The maximum Gasteiger partial charge on any atom is 0.284 e. The first-order valence-corrected chi connectivity index (χ1v) is 14.1. The first-order valence-electron chi connectivity index (χ1n) is 11.8. The van der Waals surface area contributed by atoms with Gasteiger partial charge in [-0.05, 0) is 61.2 Å². The Hall–Kier alpha value is -2.72. The molecule has 1 N–H and O–H groups in total. The number of benzene rings is 2. The van der Waals surface area contributed by atoms with Gasteiger partial charge in [-0.1, -0.05) is 50.1 Å². The van der Waals surface area contributed by atoms with Crippen LogP contribution in [0.5, 0.6) is 0 Å². The molecular formula is C25H28FN3O4S2. The molecule has 35 heavy (non-hydrogen) atoms. The molecule has 2 fully saturated rings. The first-order chi connectivity index (χ1) is 16.8. The number of halogens is 1. The molecule has 1 aliphatic carbocycles. The van der Waals surface area contributed by atoms with E-state index in [9.17, 15) is 22.4 Å². The highest BCUT2D eigenvalue weighted by Crippen LogP contribution is 2.36. The van der Waals surface area contributed by atoms with Crippen LogP contribution >= 0.6 is 11.8 Å². The van der Waals surface area contributed by atoms with Gasteiger partial charge in [0.2, 0.25) is 11.8 Å². The number of amides is 2. The van der Waals surface area contributed by atoms with Crippen molar-refractivity contribution in [1.82, 2.24) is 4.90 Å². The van der Waals surface area contributed by atoms with Gasteiger partial charge in [-0.2, -0.15) is 8.42 Å². The van der Waals surface area contributed by atoms with E-state index in [1.807, 2.05) is 6.92 Å². The molecule has 0 radical (unpaired) electrons. The maximum atomic E-state index is 13.4. The Morgan fingerprint density at radius 2 is 1.74 bits per heavy atom. The van der Waals surface area contributed by atoms with E-state index in [0.717, 1.165) is 55.9 Å². The standard InChI is InChI=1S/C25H28FN3O4S2/c1-2-17-8-14-21(15-9-17)35(32,33)28-25-29(20-6-4-3-5-7-20)24(31)22(34-25)16-23(30)27-19-12-10-18(26)11-13-19/h8-15,20,22H,2-7,16H2,1H3,(H,27,30). The Morgan fingerprint density at radius 3 is 2.37 bits per heavy atom. The number of aryl methyl sites for hydroxylation is 1. The van der Waals surface area contributed by atoms with Crippen LogP contribution in [0.15, 0.2) is 57.8 Å². The van der Waals surface area contributed by atoms with Crippen LogP contribution in [-0.4, -0.2) is 41.6 Å². The predicted molar refractivity (Wildman–Crippen MR) is 135 cm³/mol. The Bertz CT molecular complexity index is 1210. The molecule has 1 aliphatic heterocycles. The summed E-state index contributed by atoms with van der Waals surface area (Å²) in [6, 6.07) is 11.8. The van der Waals surface area contributed by atoms with Crippen molar-refractivity contribution in [2.45, 2.75) is 68.1 Å². The van der Waals surface area contributed by atoms with Gasteiger partial charge in [0.05, 0.1) is 4.90 Å². The highest BCUT2D eigenvalue weighted by Gasteiger charge is 2.43. The predicted octanol–water partition coefficient (Wildman–Crippen LogP) is 4.74. The van der Waals surface area contributed by atoms with E-state index in [-0.39, 0.29) is 28.4 Å². The molecule has 186 valence electrons. The van der Waals surface area contributed by atoms with Crippen molar-refractivity contribution in [3.8, 4) is 0 Å². The number of rotatable bonds is 7. The second-order valence-corrected chi connectivity index (χ2v) is 11.5. The van der Waals surface area contributed by atoms with Crippen molar-refractivity contribution in [3.63, 3.8) is 0 Å². The molecule has 2 aromatic rings. The molecule has 1 saturated carbocycles. The molecule has 1 unspecified atom stereocenters. The summed E-state index contributed by atoms with van der Waals surface area (Å²) >= 11 is 1.02. The maximum absolute atomic E-state index is 13.4. The summed E-state index contributed by atoms with van der Waals surface area (Å²) in [5, 5.41) is 2.01. The fourth-order valence-electron chi connectivity index (χ4n) is 4.32. The van der Waals surface area contributed by atoms with Crippen molar-refractivity contribution in [2.24, 2.45) is 4.40 Å². The van der Waals surface area contributed by atoms with E-state index in [2.05, 4.69) is 9.71 Å². The van der Waals surface area contributed by atoms with Crippen molar-refractivity contribution >= 4 is 44.5 Å². The zero-order chi connectivity index (χ0) is 25.0. The van der Waals surface area contributed by atoms with Crippen LogP contribution in [0.4, 0.5) is 10.1 Å². The highest BCUT2D eigenvalue weighted by molar-refractivity contribution is 8.16. The average molecular weight is 518 g/mol. The summed E-state index contributed by atoms with van der Waals surface area (Å²) in [6.07, 6.45) is 5.16. The summed E-state index contributed by atoms with van der Waals surface area (Å²) in [4.78, 5) is 27.5. The highest BCUT2D eigenvalue weighted by atomic mass is 32.2. The number of carbonyl (C=O) groups excluding carboxylic acids is 2. The number of amidine groups is 1. The Balaban J connectivity index is 1.57. The second kappa shape index (κ2) is 10.9. The normalized spacial score (nSPS) is 20.4. The summed E-state index contributed by atoms with van der Waals surface area (Å²) in [5.74, 6) is -1.13. The largest absolute Gasteiger partial charge is 0.326 e. The third-order valence-corrected chi connectivity index (χ3v) is 8.78. The molecule has 0 aromatic heterocycles. The van der Waals surface area contributed by atoms with E-state index in [1.54, 1.807) is 12.1 Å². The van der Waals surface area contributed by atoms with Gasteiger partial charge in [-0.25, -0.2) is 4.39 Å². The van der Waals surface area contributed by atoms with Crippen LogP contribution in [0.1, 0.15) is 51.0 Å². The van der Waals surface area contributed by atoms with Crippen LogP contribution in [0.2, 0.25) is 0 Å². The average Bonchev–Trinajstić information content (AvgIpc) is 3.14. The molecule has 2 aliphatic rings. The van der Waals surface area contributed by atoms with Gasteiger partial charge in [0.25, 0.3) is 10.0 Å². The number of carbonyl (C=O) groups is 2. The van der Waals surface area contributed by atoms with Gasteiger partial charge in [0.1, 0.15) is 11.1 Å². The van der Waals surface area contributed by atoms with Crippen LogP contribution in [0.3, 0.4) is 0 Å². The van der Waals surface area contributed by atoms with E-state index in [0.29, 0.717) is 5.69 Å². The summed E-state index contributed by atoms with van der Waals surface area (Å²) in [5.41, 5.74) is 1.43. The van der Waals surface area contributed by atoms with E-state index >= 15 is 0 Å². The Labute approximate surface area is 209 Å². The molecule has 1 atom stereocenters. The zero-order valence-electron chi connectivity index (χ0n) is 19.4. The number of thioether (sulfide) groups is 1. The lowest BCUT2D eigenvalue weighted by molar-refractivity contribution is -0.130. The lowest BCUT2D eigenvalue weighted by Crippen LogP contribution is -2.42. The molecular weight excluding hydrogens is 489 g/mol. The van der Waals surface area contributed by atoms with Crippen molar-refractivity contribution < 1.29 is 22.4 Å². The van der Waals surface area contributed by atoms with Gasteiger partial charge < -0.3 is 5.32 Å². The summed E-state index contributed by atoms with van der Waals surface area (Å²) in [6.45, 7) is 1.99. The van der Waals surface area contributed by atoms with E-state index in [4.69, 9.17) is 0 Å². The lowest BCUT2D eigenvalue weighted by Gasteiger charge is -2.30. The third-order valence-electron chi connectivity index (χ3n) is 6.23. The van der Waals surface area contributed by atoms with Crippen LogP contribution < -0.4 is 5.32 Å². The van der Waals surface area contributed by atoms with Crippen LogP contribution in [0, 0.1) is 5.82 Å². The molecule has 0 bridgehead atoms. The minimum Gasteiger partial charge on any atom is -0.326 e. The minimum atomic E-state index is -4.03. The van der Waals surface area contributed by atoms with Crippen molar-refractivity contribution in [3.05, 3.63) is 59.9 Å². The summed E-state index contributed by atoms with van der Waals surface area (Å²) in [7, 11) is -4.03. The van der Waals surface area contributed by atoms with E-state index in [1.165, 1.54) is 41.3 Å².